The molecule has 0 radical (unpaired) electrons. The molecule has 0 spiro atoms. The molecule has 94 valence electrons. The number of rotatable bonds is 4. The number of nitrogen functional groups attached to an aromatic ring is 1. The van der Waals surface area contributed by atoms with E-state index in [9.17, 15) is 0 Å². The molecule has 4 heteroatoms. The zero-order valence-corrected chi connectivity index (χ0v) is 10.7. The van der Waals surface area contributed by atoms with Crippen LogP contribution < -0.4 is 5.73 Å². The number of anilines is 1. The minimum absolute atomic E-state index is 0.390. The number of nitrogens with zero attached hydrogens (tertiary/aromatic N) is 2. The van der Waals surface area contributed by atoms with Crippen molar-refractivity contribution in [1.29, 1.82) is 0 Å². The van der Waals surface area contributed by atoms with Crippen LogP contribution in [0.1, 0.15) is 18.3 Å². The van der Waals surface area contributed by atoms with Gasteiger partial charge in [-0.3, -0.25) is 0 Å². The van der Waals surface area contributed by atoms with Gasteiger partial charge in [0, 0.05) is 17.7 Å². The Hall–Kier alpha value is -1.94. The Balaban J connectivity index is 2.43. The SMILES string of the molecule is CCOCc1nc(N)c(C)c(-c2ccccc2)n1. The van der Waals surface area contributed by atoms with E-state index in [1.54, 1.807) is 0 Å². The van der Waals surface area contributed by atoms with Gasteiger partial charge in [-0.15, -0.1) is 0 Å². The molecule has 0 aliphatic rings. The molecule has 0 unspecified atom stereocenters. The first-order valence-electron chi connectivity index (χ1n) is 5.98. The molecule has 2 rings (SSSR count). The number of hydrogen-bond acceptors (Lipinski definition) is 4. The third-order valence-electron chi connectivity index (χ3n) is 2.71. The summed E-state index contributed by atoms with van der Waals surface area (Å²) in [5.41, 5.74) is 8.74. The van der Waals surface area contributed by atoms with Crippen molar-refractivity contribution in [1.82, 2.24) is 9.97 Å². The van der Waals surface area contributed by atoms with E-state index in [0.717, 1.165) is 16.8 Å². The second-order valence-corrected chi connectivity index (χ2v) is 4.00. The van der Waals surface area contributed by atoms with E-state index >= 15 is 0 Å². The second kappa shape index (κ2) is 5.60. The molecule has 0 atom stereocenters. The maximum Gasteiger partial charge on any atom is 0.157 e. The lowest BCUT2D eigenvalue weighted by atomic mass is 10.1. The highest BCUT2D eigenvalue weighted by Crippen LogP contribution is 2.24. The van der Waals surface area contributed by atoms with E-state index in [4.69, 9.17) is 10.5 Å². The fourth-order valence-corrected chi connectivity index (χ4v) is 1.72. The molecule has 1 aromatic heterocycles. The fraction of sp³-hybridized carbons (Fsp3) is 0.286. The summed E-state index contributed by atoms with van der Waals surface area (Å²) in [5, 5.41) is 0. The summed E-state index contributed by atoms with van der Waals surface area (Å²) in [6.45, 7) is 4.90. The highest BCUT2D eigenvalue weighted by atomic mass is 16.5. The molecule has 0 aliphatic heterocycles. The van der Waals surface area contributed by atoms with Gasteiger partial charge in [-0.1, -0.05) is 30.3 Å². The van der Waals surface area contributed by atoms with E-state index in [1.807, 2.05) is 44.2 Å². The zero-order chi connectivity index (χ0) is 13.0. The van der Waals surface area contributed by atoms with Gasteiger partial charge in [0.15, 0.2) is 5.82 Å². The molecule has 0 bridgehead atoms. The van der Waals surface area contributed by atoms with Crippen LogP contribution in [-0.2, 0) is 11.3 Å². The van der Waals surface area contributed by atoms with Crippen molar-refractivity contribution in [2.24, 2.45) is 0 Å². The molecule has 0 amide bonds. The van der Waals surface area contributed by atoms with Crippen LogP contribution in [0, 0.1) is 6.92 Å². The summed E-state index contributed by atoms with van der Waals surface area (Å²) >= 11 is 0. The molecule has 1 heterocycles. The Bertz CT molecular complexity index is 526. The molecule has 0 saturated heterocycles. The lowest BCUT2D eigenvalue weighted by Crippen LogP contribution is -2.06. The normalized spacial score (nSPS) is 10.6. The first-order valence-corrected chi connectivity index (χ1v) is 5.98. The van der Waals surface area contributed by atoms with E-state index in [2.05, 4.69) is 9.97 Å². The Morgan fingerprint density at radius 2 is 1.89 bits per heavy atom. The van der Waals surface area contributed by atoms with Crippen molar-refractivity contribution in [2.45, 2.75) is 20.5 Å². The Labute approximate surface area is 107 Å². The second-order valence-electron chi connectivity index (χ2n) is 4.00. The monoisotopic (exact) mass is 243 g/mol. The topological polar surface area (TPSA) is 61.0 Å². The molecular weight excluding hydrogens is 226 g/mol. The largest absolute Gasteiger partial charge is 0.383 e. The molecule has 4 nitrogen and oxygen atoms in total. The first kappa shape index (κ1) is 12.5. The van der Waals surface area contributed by atoms with Gasteiger partial charge in [0.25, 0.3) is 0 Å². The molecule has 1 aromatic carbocycles. The minimum atomic E-state index is 0.390. The van der Waals surface area contributed by atoms with Crippen molar-refractivity contribution >= 4 is 5.82 Å². The quantitative estimate of drug-likeness (QED) is 0.896. The van der Waals surface area contributed by atoms with Gasteiger partial charge in [-0.2, -0.15) is 0 Å². The maximum absolute atomic E-state index is 5.92. The van der Waals surface area contributed by atoms with Crippen LogP contribution in [0.15, 0.2) is 30.3 Å². The van der Waals surface area contributed by atoms with Crippen LogP contribution in [0.2, 0.25) is 0 Å². The van der Waals surface area contributed by atoms with Crippen LogP contribution in [0.4, 0.5) is 5.82 Å². The molecule has 2 N–H and O–H groups in total. The smallest absolute Gasteiger partial charge is 0.157 e. The van der Waals surface area contributed by atoms with Crippen molar-refractivity contribution in [3.8, 4) is 11.3 Å². The van der Waals surface area contributed by atoms with Gasteiger partial charge in [0.05, 0.1) is 5.69 Å². The maximum atomic E-state index is 5.92. The van der Waals surface area contributed by atoms with E-state index in [0.29, 0.717) is 24.9 Å². The zero-order valence-electron chi connectivity index (χ0n) is 10.7. The average molecular weight is 243 g/mol. The Morgan fingerprint density at radius 1 is 1.17 bits per heavy atom. The molecule has 2 aromatic rings. The van der Waals surface area contributed by atoms with Crippen LogP contribution in [0.3, 0.4) is 0 Å². The van der Waals surface area contributed by atoms with Gasteiger partial charge >= 0.3 is 0 Å². The summed E-state index contributed by atoms with van der Waals surface area (Å²) in [4.78, 5) is 8.76. The molecule has 0 aliphatic carbocycles. The van der Waals surface area contributed by atoms with Crippen molar-refractivity contribution in [3.05, 3.63) is 41.7 Å². The van der Waals surface area contributed by atoms with Gasteiger partial charge in [0.2, 0.25) is 0 Å². The van der Waals surface area contributed by atoms with Gasteiger partial charge in [0.1, 0.15) is 12.4 Å². The average Bonchev–Trinajstić information content (AvgIpc) is 2.41. The van der Waals surface area contributed by atoms with Gasteiger partial charge in [-0.05, 0) is 13.8 Å². The van der Waals surface area contributed by atoms with Crippen molar-refractivity contribution < 1.29 is 4.74 Å². The van der Waals surface area contributed by atoms with Gasteiger partial charge in [-0.25, -0.2) is 9.97 Å². The summed E-state index contributed by atoms with van der Waals surface area (Å²) in [6, 6.07) is 9.97. The third kappa shape index (κ3) is 2.65. The fourth-order valence-electron chi connectivity index (χ4n) is 1.72. The van der Waals surface area contributed by atoms with Crippen LogP contribution >= 0.6 is 0 Å². The number of ether oxygens (including phenoxy) is 1. The summed E-state index contributed by atoms with van der Waals surface area (Å²) in [6.07, 6.45) is 0. The highest BCUT2D eigenvalue weighted by Gasteiger charge is 2.10. The van der Waals surface area contributed by atoms with Crippen LogP contribution in [-0.4, -0.2) is 16.6 Å². The first-order chi connectivity index (χ1) is 8.72. The number of benzene rings is 1. The lowest BCUT2D eigenvalue weighted by molar-refractivity contribution is 0.128. The van der Waals surface area contributed by atoms with Crippen LogP contribution in [0.5, 0.6) is 0 Å². The van der Waals surface area contributed by atoms with Crippen molar-refractivity contribution in [3.63, 3.8) is 0 Å². The molecule has 0 saturated carbocycles. The molecule has 0 fully saturated rings. The van der Waals surface area contributed by atoms with Crippen molar-refractivity contribution in [2.75, 3.05) is 12.3 Å². The summed E-state index contributed by atoms with van der Waals surface area (Å²) in [5.74, 6) is 1.14. The summed E-state index contributed by atoms with van der Waals surface area (Å²) in [7, 11) is 0. The number of hydrogen-bond donors (Lipinski definition) is 1. The predicted molar refractivity (Wildman–Crippen MR) is 71.9 cm³/mol. The van der Waals surface area contributed by atoms with E-state index in [1.165, 1.54) is 0 Å². The predicted octanol–water partition coefficient (Wildman–Crippen LogP) is 2.57. The standard InChI is InChI=1S/C14H17N3O/c1-3-18-9-12-16-13(10(2)14(15)17-12)11-7-5-4-6-8-11/h4-8H,3,9H2,1-2H3,(H2,15,16,17). The lowest BCUT2D eigenvalue weighted by Gasteiger charge is -2.10. The van der Waals surface area contributed by atoms with Crippen LogP contribution in [0.25, 0.3) is 11.3 Å². The highest BCUT2D eigenvalue weighted by molar-refractivity contribution is 5.67. The molecular formula is C14H17N3O. The minimum Gasteiger partial charge on any atom is -0.383 e. The third-order valence-corrected chi connectivity index (χ3v) is 2.71. The number of nitrogens with two attached hydrogens (primary N) is 1. The Kier molecular flexibility index (Phi) is 3.89. The van der Waals surface area contributed by atoms with E-state index < -0.39 is 0 Å². The Morgan fingerprint density at radius 3 is 2.56 bits per heavy atom. The van der Waals surface area contributed by atoms with Gasteiger partial charge < -0.3 is 10.5 Å². The molecule has 18 heavy (non-hydrogen) atoms. The number of aromatic nitrogens is 2. The van der Waals surface area contributed by atoms with E-state index in [-0.39, 0.29) is 0 Å². The summed E-state index contributed by atoms with van der Waals surface area (Å²) < 4.78 is 5.32.